The van der Waals surface area contributed by atoms with Crippen LogP contribution in [0.4, 0.5) is 0 Å². The second-order valence-corrected chi connectivity index (χ2v) is 11.3. The molecule has 4 aliphatic carbocycles. The first-order valence-corrected chi connectivity index (χ1v) is 11.7. The van der Waals surface area contributed by atoms with E-state index >= 15 is 0 Å². The standard InChI is InChI=1S/C23H32Cl2O4/c1-12(26)16-7-8-17-15-6-5-14-11-19(28)20(24)23(25,29-13(2)27)22(14,4)18(15)9-10-21(16,17)3/h5,15-20,28H,6-11H2,1-4H3/t15?,16-,17?,18?,19+,20?,21-,22+,23?/m1/s1. The molecule has 0 radical (unpaired) electrons. The van der Waals surface area contributed by atoms with Gasteiger partial charge in [0, 0.05) is 18.3 Å². The van der Waals surface area contributed by atoms with Gasteiger partial charge in [-0.05, 0) is 68.6 Å². The van der Waals surface area contributed by atoms with Crippen molar-refractivity contribution in [2.75, 3.05) is 0 Å². The van der Waals surface area contributed by atoms with Gasteiger partial charge >= 0.3 is 5.97 Å². The van der Waals surface area contributed by atoms with Crippen LogP contribution in [0.25, 0.3) is 0 Å². The lowest BCUT2D eigenvalue weighted by molar-refractivity contribution is -0.176. The van der Waals surface area contributed by atoms with Crippen LogP contribution in [0, 0.1) is 34.5 Å². The molecule has 9 atom stereocenters. The van der Waals surface area contributed by atoms with Gasteiger partial charge in [0.1, 0.15) is 11.2 Å². The molecule has 4 aliphatic rings. The molecule has 0 aliphatic heterocycles. The van der Waals surface area contributed by atoms with Crippen molar-refractivity contribution < 1.29 is 19.4 Å². The summed E-state index contributed by atoms with van der Waals surface area (Å²) in [4.78, 5) is 24.3. The van der Waals surface area contributed by atoms with Gasteiger partial charge in [0.2, 0.25) is 5.06 Å². The minimum atomic E-state index is -1.49. The monoisotopic (exact) mass is 442 g/mol. The Labute approximate surface area is 183 Å². The molecule has 3 fully saturated rings. The zero-order valence-electron chi connectivity index (χ0n) is 17.7. The van der Waals surface area contributed by atoms with Crippen molar-refractivity contribution in [3.05, 3.63) is 11.6 Å². The first kappa shape index (κ1) is 21.6. The number of hydrogen-bond acceptors (Lipinski definition) is 4. The summed E-state index contributed by atoms with van der Waals surface area (Å²) in [6, 6.07) is 0. The van der Waals surface area contributed by atoms with E-state index in [9.17, 15) is 14.7 Å². The molecule has 0 amide bonds. The molecule has 4 rings (SSSR count). The number of esters is 1. The van der Waals surface area contributed by atoms with E-state index in [1.165, 1.54) is 6.92 Å². The summed E-state index contributed by atoms with van der Waals surface area (Å²) in [5.41, 5.74) is 0.452. The van der Waals surface area contributed by atoms with Crippen LogP contribution in [0.1, 0.15) is 66.2 Å². The van der Waals surface area contributed by atoms with Crippen LogP contribution in [-0.4, -0.2) is 33.4 Å². The number of ketones is 1. The highest BCUT2D eigenvalue weighted by Crippen LogP contribution is 2.69. The average Bonchev–Trinajstić information content (AvgIpc) is 2.99. The number of Topliss-reactive ketones (excluding diaryl/α,β-unsaturated/α-hetero) is 1. The molecule has 0 aromatic rings. The van der Waals surface area contributed by atoms with Crippen molar-refractivity contribution in [3.63, 3.8) is 0 Å². The maximum atomic E-state index is 12.3. The fraction of sp³-hybridized carbons (Fsp3) is 0.826. The van der Waals surface area contributed by atoms with Crippen LogP contribution in [0.2, 0.25) is 0 Å². The Hall–Kier alpha value is -0.580. The topological polar surface area (TPSA) is 63.6 Å². The van der Waals surface area contributed by atoms with Gasteiger partial charge in [0.15, 0.2) is 0 Å². The molecule has 29 heavy (non-hydrogen) atoms. The predicted octanol–water partition coefficient (Wildman–Crippen LogP) is 4.84. The third-order valence-electron chi connectivity index (χ3n) is 9.09. The van der Waals surface area contributed by atoms with Crippen molar-refractivity contribution in [2.24, 2.45) is 34.5 Å². The molecule has 0 spiro atoms. The van der Waals surface area contributed by atoms with Crippen LogP contribution < -0.4 is 0 Å². The average molecular weight is 443 g/mol. The predicted molar refractivity (Wildman–Crippen MR) is 113 cm³/mol. The first-order chi connectivity index (χ1) is 13.5. The van der Waals surface area contributed by atoms with Crippen LogP contribution in [0.15, 0.2) is 11.6 Å². The Morgan fingerprint density at radius 3 is 2.48 bits per heavy atom. The summed E-state index contributed by atoms with van der Waals surface area (Å²) in [7, 11) is 0. The fourth-order valence-corrected chi connectivity index (χ4v) is 8.61. The molecule has 0 aromatic carbocycles. The molecule has 0 saturated heterocycles. The second kappa shape index (κ2) is 6.97. The van der Waals surface area contributed by atoms with Gasteiger partial charge in [0.25, 0.3) is 0 Å². The zero-order chi connectivity index (χ0) is 21.4. The SMILES string of the molecule is CC(=O)OC1(Cl)C(Cl)[C@@H](O)CC2=CCC3C4CC[C@H](C(C)=O)[C@@]4(C)CCC3[C@]21C. The summed E-state index contributed by atoms with van der Waals surface area (Å²) in [6.07, 6.45) is 6.64. The third-order valence-corrected chi connectivity index (χ3v) is 10.5. The molecule has 4 nitrogen and oxygen atoms in total. The van der Waals surface area contributed by atoms with Gasteiger partial charge in [-0.3, -0.25) is 9.59 Å². The van der Waals surface area contributed by atoms with Crippen LogP contribution >= 0.6 is 23.2 Å². The number of fused-ring (bicyclic) bond motifs is 5. The Bertz CT molecular complexity index is 766. The molecule has 162 valence electrons. The van der Waals surface area contributed by atoms with Gasteiger partial charge in [-0.25, -0.2) is 0 Å². The molecule has 6 heteroatoms. The maximum absolute atomic E-state index is 12.3. The van der Waals surface area contributed by atoms with E-state index in [2.05, 4.69) is 19.9 Å². The molecule has 1 N–H and O–H groups in total. The lowest BCUT2D eigenvalue weighted by Gasteiger charge is -2.62. The van der Waals surface area contributed by atoms with E-state index < -0.39 is 27.9 Å². The Kier molecular flexibility index (Phi) is 5.20. The van der Waals surface area contributed by atoms with Crippen LogP contribution in [-0.2, 0) is 14.3 Å². The summed E-state index contributed by atoms with van der Waals surface area (Å²) in [5.74, 6) is 0.982. The minimum absolute atomic E-state index is 0.0274. The smallest absolute Gasteiger partial charge is 0.304 e. The molecule has 0 heterocycles. The number of halogens is 2. The third kappa shape index (κ3) is 2.81. The summed E-state index contributed by atoms with van der Waals surface area (Å²) in [5, 5.41) is 8.21. The van der Waals surface area contributed by atoms with Gasteiger partial charge < -0.3 is 9.84 Å². The number of rotatable bonds is 2. The molecular formula is C23H32Cl2O4. The summed E-state index contributed by atoms with van der Waals surface area (Å²) >= 11 is 13.7. The van der Waals surface area contributed by atoms with E-state index in [4.69, 9.17) is 27.9 Å². The Morgan fingerprint density at radius 2 is 1.86 bits per heavy atom. The van der Waals surface area contributed by atoms with Gasteiger partial charge in [-0.15, -0.1) is 11.6 Å². The molecule has 5 unspecified atom stereocenters. The number of allylic oxidation sites excluding steroid dienone is 1. The number of carbonyl (C=O) groups excluding carboxylic acids is 2. The van der Waals surface area contributed by atoms with E-state index in [1.54, 1.807) is 6.92 Å². The van der Waals surface area contributed by atoms with Gasteiger partial charge in [0.05, 0.1) is 6.10 Å². The molecule has 3 saturated carbocycles. The lowest BCUT2D eigenvalue weighted by atomic mass is 9.46. The largest absolute Gasteiger partial charge is 0.441 e. The Morgan fingerprint density at radius 1 is 1.17 bits per heavy atom. The van der Waals surface area contributed by atoms with Gasteiger partial charge in [-0.2, -0.15) is 0 Å². The second-order valence-electron chi connectivity index (χ2n) is 10.2. The molecular weight excluding hydrogens is 411 g/mol. The van der Waals surface area contributed by atoms with Crippen molar-refractivity contribution in [3.8, 4) is 0 Å². The quantitative estimate of drug-likeness (QED) is 0.377. The molecule has 0 aromatic heterocycles. The van der Waals surface area contributed by atoms with Crippen LogP contribution in [0.3, 0.4) is 0 Å². The highest BCUT2D eigenvalue weighted by molar-refractivity contribution is 6.33. The van der Waals surface area contributed by atoms with Crippen molar-refractivity contribution in [2.45, 2.75) is 82.8 Å². The minimum Gasteiger partial charge on any atom is -0.441 e. The van der Waals surface area contributed by atoms with Crippen LogP contribution in [0.5, 0.6) is 0 Å². The van der Waals surface area contributed by atoms with E-state index in [0.29, 0.717) is 24.0 Å². The summed E-state index contributed by atoms with van der Waals surface area (Å²) < 4.78 is 5.72. The van der Waals surface area contributed by atoms with Crippen molar-refractivity contribution in [1.29, 1.82) is 0 Å². The molecule has 0 bridgehead atoms. The number of alkyl halides is 2. The maximum Gasteiger partial charge on any atom is 0.304 e. The number of aliphatic hydroxyl groups excluding tert-OH is 1. The van der Waals surface area contributed by atoms with Crippen molar-refractivity contribution >= 4 is 35.0 Å². The van der Waals surface area contributed by atoms with E-state index in [0.717, 1.165) is 37.7 Å². The number of carbonyl (C=O) groups is 2. The van der Waals surface area contributed by atoms with Crippen molar-refractivity contribution in [1.82, 2.24) is 0 Å². The van der Waals surface area contributed by atoms with E-state index in [1.807, 2.05) is 0 Å². The lowest BCUT2D eigenvalue weighted by Crippen LogP contribution is -2.65. The zero-order valence-corrected chi connectivity index (χ0v) is 19.2. The normalized spacial score (nSPS) is 51.3. The highest BCUT2D eigenvalue weighted by Gasteiger charge is 2.69. The number of aliphatic hydroxyl groups is 1. The van der Waals surface area contributed by atoms with Gasteiger partial charge in [-0.1, -0.05) is 37.1 Å². The Balaban J connectivity index is 1.78. The van der Waals surface area contributed by atoms with E-state index in [-0.39, 0.29) is 17.3 Å². The number of ether oxygens (including phenoxy) is 1. The fourth-order valence-electron chi connectivity index (χ4n) is 7.73. The highest BCUT2D eigenvalue weighted by atomic mass is 35.5. The first-order valence-electron chi connectivity index (χ1n) is 10.9. The summed E-state index contributed by atoms with van der Waals surface area (Å²) in [6.45, 7) is 7.44. The number of hydrogen-bond donors (Lipinski definition) is 1.